The molecule has 1 aliphatic heterocycles. The Morgan fingerprint density at radius 1 is 0.915 bits per heavy atom. The van der Waals surface area contributed by atoms with Gasteiger partial charge in [-0.05, 0) is 56.4 Å². The number of esters is 1. The highest BCUT2D eigenvalue weighted by molar-refractivity contribution is 6.69. The Morgan fingerprint density at radius 2 is 1.51 bits per heavy atom. The molecule has 47 heavy (non-hydrogen) atoms. The second-order valence-corrected chi connectivity index (χ2v) is 18.2. The van der Waals surface area contributed by atoms with Crippen LogP contribution in [-0.4, -0.2) is 73.7 Å². The van der Waals surface area contributed by atoms with Crippen LogP contribution in [0.1, 0.15) is 64.6 Å². The summed E-state index contributed by atoms with van der Waals surface area (Å²) in [6.45, 7) is 18.4. The second-order valence-electron chi connectivity index (χ2n) is 13.7. The molecule has 10 heteroatoms. The quantitative estimate of drug-likeness (QED) is 0.117. The average Bonchev–Trinajstić information content (AvgIpc) is 3.05. The van der Waals surface area contributed by atoms with Crippen LogP contribution in [0.2, 0.25) is 19.6 Å². The fourth-order valence-corrected chi connectivity index (χ4v) is 7.15. The van der Waals surface area contributed by atoms with Crippen LogP contribution in [0, 0.1) is 23.7 Å². The fraction of sp³-hybridized carbons (Fsp3) is 0.649. The van der Waals surface area contributed by atoms with Crippen LogP contribution < -0.4 is 9.47 Å². The SMILES string of the molecule is CCOC(=O)C[C@H](O[C@H]([C@@H](C)[C@@H](OC)[C@@H](C)[C@@H]1O[C@H](c2ccc(OC)cc2)OC[C@H]1C)[C@@H](C)CO[Si](C)(C)C)c1ccc(OC)cc1. The predicted octanol–water partition coefficient (Wildman–Crippen LogP) is 7.61. The van der Waals surface area contributed by atoms with E-state index in [0.29, 0.717) is 19.8 Å². The largest absolute Gasteiger partial charge is 0.497 e. The first-order chi connectivity index (χ1) is 22.3. The summed E-state index contributed by atoms with van der Waals surface area (Å²) in [4.78, 5) is 12.8. The average molecular weight is 675 g/mol. The smallest absolute Gasteiger partial charge is 0.308 e. The number of rotatable bonds is 18. The van der Waals surface area contributed by atoms with Crippen molar-refractivity contribution in [2.45, 2.75) is 91.4 Å². The van der Waals surface area contributed by atoms with E-state index in [9.17, 15) is 4.79 Å². The van der Waals surface area contributed by atoms with Crippen LogP contribution in [0.3, 0.4) is 0 Å². The Bertz CT molecular complexity index is 1200. The van der Waals surface area contributed by atoms with Crippen LogP contribution in [-0.2, 0) is 32.9 Å². The maximum Gasteiger partial charge on any atom is 0.308 e. The first-order valence-electron chi connectivity index (χ1n) is 16.8. The third kappa shape index (κ3) is 11.3. The lowest BCUT2D eigenvalue weighted by atomic mass is 9.79. The Morgan fingerprint density at radius 3 is 2.04 bits per heavy atom. The molecule has 0 radical (unpaired) electrons. The lowest BCUT2D eigenvalue weighted by Gasteiger charge is -2.44. The van der Waals surface area contributed by atoms with Gasteiger partial charge >= 0.3 is 5.97 Å². The molecule has 0 saturated carbocycles. The van der Waals surface area contributed by atoms with Gasteiger partial charge in [0.2, 0.25) is 0 Å². The van der Waals surface area contributed by atoms with Crippen LogP contribution in [0.15, 0.2) is 48.5 Å². The first-order valence-corrected chi connectivity index (χ1v) is 20.2. The van der Waals surface area contributed by atoms with Gasteiger partial charge in [0.05, 0.1) is 58.3 Å². The lowest BCUT2D eigenvalue weighted by molar-refractivity contribution is -0.260. The number of benzene rings is 2. The second kappa shape index (κ2) is 18.3. The highest BCUT2D eigenvalue weighted by Gasteiger charge is 2.43. The van der Waals surface area contributed by atoms with Gasteiger partial charge in [-0.2, -0.15) is 0 Å². The fourth-order valence-electron chi connectivity index (χ4n) is 6.39. The minimum Gasteiger partial charge on any atom is -0.497 e. The molecular formula is C37H58O9Si. The van der Waals surface area contributed by atoms with Gasteiger partial charge < -0.3 is 37.6 Å². The molecule has 0 aliphatic carbocycles. The molecular weight excluding hydrogens is 616 g/mol. The number of methoxy groups -OCH3 is 3. The third-order valence-electron chi connectivity index (χ3n) is 8.89. The Labute approximate surface area is 283 Å². The molecule has 1 fully saturated rings. The maximum atomic E-state index is 12.8. The van der Waals surface area contributed by atoms with Crippen molar-refractivity contribution in [1.29, 1.82) is 0 Å². The van der Waals surface area contributed by atoms with E-state index in [0.717, 1.165) is 22.6 Å². The van der Waals surface area contributed by atoms with Gasteiger partial charge in [0.1, 0.15) is 11.5 Å². The van der Waals surface area contributed by atoms with Gasteiger partial charge in [-0.3, -0.25) is 4.79 Å². The molecule has 0 aromatic heterocycles. The van der Waals surface area contributed by atoms with Crippen molar-refractivity contribution in [3.63, 3.8) is 0 Å². The molecule has 0 bridgehead atoms. The van der Waals surface area contributed by atoms with E-state index in [-0.39, 0.29) is 54.4 Å². The number of hydrogen-bond acceptors (Lipinski definition) is 9. The summed E-state index contributed by atoms with van der Waals surface area (Å²) in [5.74, 6) is 1.27. The summed E-state index contributed by atoms with van der Waals surface area (Å²) in [6, 6.07) is 15.4. The number of carbonyl (C=O) groups is 1. The Balaban J connectivity index is 1.92. The predicted molar refractivity (Wildman–Crippen MR) is 185 cm³/mol. The lowest BCUT2D eigenvalue weighted by Crippen LogP contribution is -2.49. The van der Waals surface area contributed by atoms with Gasteiger partial charge in [-0.1, -0.05) is 52.0 Å². The molecule has 0 amide bonds. The molecule has 0 unspecified atom stereocenters. The molecule has 9 nitrogen and oxygen atoms in total. The highest BCUT2D eigenvalue weighted by atomic mass is 28.4. The zero-order valence-electron chi connectivity index (χ0n) is 30.3. The number of ether oxygens (including phenoxy) is 7. The monoisotopic (exact) mass is 674 g/mol. The van der Waals surface area contributed by atoms with Gasteiger partial charge in [-0.25, -0.2) is 0 Å². The molecule has 3 rings (SSSR count). The van der Waals surface area contributed by atoms with Gasteiger partial charge in [0.15, 0.2) is 14.6 Å². The van der Waals surface area contributed by atoms with Crippen LogP contribution in [0.4, 0.5) is 0 Å². The molecule has 1 aliphatic rings. The normalized spacial score (nSPS) is 22.4. The van der Waals surface area contributed by atoms with Crippen LogP contribution >= 0.6 is 0 Å². The van der Waals surface area contributed by atoms with E-state index < -0.39 is 20.7 Å². The topological polar surface area (TPSA) is 90.9 Å². The Hall–Kier alpha value is -2.47. The molecule has 0 spiro atoms. The van der Waals surface area contributed by atoms with E-state index in [2.05, 4.69) is 47.3 Å². The van der Waals surface area contributed by atoms with E-state index in [1.165, 1.54) is 0 Å². The van der Waals surface area contributed by atoms with Crippen molar-refractivity contribution in [2.75, 3.05) is 41.2 Å². The first kappa shape index (κ1) is 39.0. The highest BCUT2D eigenvalue weighted by Crippen LogP contribution is 2.39. The molecule has 0 N–H and O–H groups in total. The van der Waals surface area contributed by atoms with Crippen molar-refractivity contribution >= 4 is 14.3 Å². The van der Waals surface area contributed by atoms with Gasteiger partial charge in [-0.15, -0.1) is 0 Å². The minimum absolute atomic E-state index is 0.00426. The molecule has 2 aromatic carbocycles. The number of carbonyl (C=O) groups excluding carboxylic acids is 1. The van der Waals surface area contributed by atoms with Gasteiger partial charge in [0.25, 0.3) is 0 Å². The third-order valence-corrected chi connectivity index (χ3v) is 9.92. The molecule has 1 saturated heterocycles. The standard InChI is InChI=1S/C37H58O9Si/c1-12-42-33(38)21-32(28-13-17-30(39-6)18-14-28)45-34(25(3)23-44-47(9,10)11)26(4)36(41-8)27(5)35-24(2)22-43-37(46-35)29-15-19-31(40-7)20-16-29/h13-20,24-27,32,34-37H,12,21-23H2,1-11H3/t24-,25+,26-,27+,32+,34+,35-,36-,37-/m1/s1. The summed E-state index contributed by atoms with van der Waals surface area (Å²) in [5.41, 5.74) is 1.82. The van der Waals surface area contributed by atoms with Crippen molar-refractivity contribution in [1.82, 2.24) is 0 Å². The van der Waals surface area contributed by atoms with Crippen molar-refractivity contribution in [3.05, 3.63) is 59.7 Å². The van der Waals surface area contributed by atoms with E-state index in [4.69, 9.17) is 37.6 Å². The van der Waals surface area contributed by atoms with E-state index >= 15 is 0 Å². The zero-order valence-corrected chi connectivity index (χ0v) is 31.3. The van der Waals surface area contributed by atoms with Crippen molar-refractivity contribution < 1.29 is 42.4 Å². The van der Waals surface area contributed by atoms with E-state index in [1.807, 2.05) is 55.5 Å². The number of hydrogen-bond donors (Lipinski definition) is 0. The summed E-state index contributed by atoms with van der Waals surface area (Å²) in [6.07, 6.45) is -1.61. The maximum absolute atomic E-state index is 12.8. The summed E-state index contributed by atoms with van der Waals surface area (Å²) in [7, 11) is 3.23. The van der Waals surface area contributed by atoms with Gasteiger partial charge in [0, 0.05) is 43.0 Å². The summed E-state index contributed by atoms with van der Waals surface area (Å²) in [5, 5.41) is 0. The van der Waals surface area contributed by atoms with E-state index in [1.54, 1.807) is 21.3 Å². The Kier molecular flexibility index (Phi) is 15.2. The van der Waals surface area contributed by atoms with Crippen molar-refractivity contribution in [2.24, 2.45) is 23.7 Å². The summed E-state index contributed by atoms with van der Waals surface area (Å²) >= 11 is 0. The molecule has 9 atom stereocenters. The van der Waals surface area contributed by atoms with Crippen LogP contribution in [0.5, 0.6) is 11.5 Å². The zero-order chi connectivity index (χ0) is 34.7. The summed E-state index contributed by atoms with van der Waals surface area (Å²) < 4.78 is 48.6. The molecule has 2 aromatic rings. The molecule has 264 valence electrons. The van der Waals surface area contributed by atoms with Crippen molar-refractivity contribution in [3.8, 4) is 11.5 Å². The minimum atomic E-state index is -1.81. The van der Waals surface area contributed by atoms with Crippen LogP contribution in [0.25, 0.3) is 0 Å². The molecule has 1 heterocycles.